The number of methoxy groups -OCH3 is 1. The topological polar surface area (TPSA) is 95.5 Å². The highest BCUT2D eigenvalue weighted by molar-refractivity contribution is 5.77. The van der Waals surface area contributed by atoms with Crippen molar-refractivity contribution in [2.45, 2.75) is 6.42 Å². The summed E-state index contributed by atoms with van der Waals surface area (Å²) < 4.78 is 17.4. The second-order valence-electron chi connectivity index (χ2n) is 2.97. The zero-order chi connectivity index (χ0) is 12.3. The Labute approximate surface area is 90.0 Å². The Hall–Kier alpha value is -2.18. The summed E-state index contributed by atoms with van der Waals surface area (Å²) in [7, 11) is 1.13. The first kappa shape index (κ1) is 11.9. The van der Waals surface area contributed by atoms with E-state index in [9.17, 15) is 19.3 Å². The van der Waals surface area contributed by atoms with Crippen molar-refractivity contribution < 1.29 is 18.8 Å². The van der Waals surface area contributed by atoms with Crippen LogP contribution in [-0.4, -0.2) is 18.0 Å². The fraction of sp³-hybridized carbons (Fsp3) is 0.222. The summed E-state index contributed by atoms with van der Waals surface area (Å²) in [5.41, 5.74) is 4.37. The van der Waals surface area contributed by atoms with Gasteiger partial charge in [-0.05, 0) is 6.07 Å². The Kier molecular flexibility index (Phi) is 3.39. The number of hydrogen-bond acceptors (Lipinski definition) is 5. The molecule has 6 nitrogen and oxygen atoms in total. The second kappa shape index (κ2) is 4.56. The lowest BCUT2D eigenvalue weighted by Gasteiger charge is -2.06. The number of carbonyl (C=O) groups is 1. The Balaban J connectivity index is 3.26. The van der Waals surface area contributed by atoms with Gasteiger partial charge in [0.25, 0.3) is 5.69 Å². The molecule has 0 unspecified atom stereocenters. The van der Waals surface area contributed by atoms with Crippen molar-refractivity contribution in [3.05, 3.63) is 33.6 Å². The fourth-order valence-electron chi connectivity index (χ4n) is 1.20. The number of benzene rings is 1. The van der Waals surface area contributed by atoms with Crippen molar-refractivity contribution >= 4 is 17.3 Å². The maximum Gasteiger partial charge on any atom is 0.310 e. The van der Waals surface area contributed by atoms with Crippen molar-refractivity contribution in [3.8, 4) is 0 Å². The molecular weight excluding hydrogens is 219 g/mol. The molecule has 0 saturated heterocycles. The molecule has 0 aliphatic heterocycles. The van der Waals surface area contributed by atoms with Crippen LogP contribution in [0.15, 0.2) is 12.1 Å². The molecule has 0 radical (unpaired) electrons. The summed E-state index contributed by atoms with van der Waals surface area (Å²) in [6.07, 6.45) is -0.434. The van der Waals surface area contributed by atoms with Gasteiger partial charge in [0.2, 0.25) is 0 Å². The quantitative estimate of drug-likeness (QED) is 0.361. The molecule has 2 N–H and O–H groups in total. The van der Waals surface area contributed by atoms with E-state index >= 15 is 0 Å². The predicted octanol–water partition coefficient (Wildman–Crippen LogP) is 1.03. The lowest BCUT2D eigenvalue weighted by Crippen LogP contribution is -2.10. The molecule has 86 valence electrons. The molecule has 0 aromatic heterocycles. The van der Waals surface area contributed by atoms with Crippen LogP contribution in [0.1, 0.15) is 5.56 Å². The predicted molar refractivity (Wildman–Crippen MR) is 53.2 cm³/mol. The maximum absolute atomic E-state index is 13.1. The van der Waals surface area contributed by atoms with E-state index in [0.29, 0.717) is 0 Å². The second-order valence-corrected chi connectivity index (χ2v) is 2.97. The minimum atomic E-state index is -0.801. The molecule has 0 saturated carbocycles. The highest BCUT2D eigenvalue weighted by atomic mass is 19.1. The fourth-order valence-corrected chi connectivity index (χ4v) is 1.20. The van der Waals surface area contributed by atoms with Crippen LogP contribution >= 0.6 is 0 Å². The van der Waals surface area contributed by atoms with Crippen molar-refractivity contribution in [2.24, 2.45) is 0 Å². The van der Waals surface area contributed by atoms with E-state index in [0.717, 1.165) is 19.2 Å². The van der Waals surface area contributed by atoms with E-state index in [1.165, 1.54) is 0 Å². The third kappa shape index (κ3) is 2.25. The molecule has 1 aromatic rings. The van der Waals surface area contributed by atoms with Gasteiger partial charge in [-0.15, -0.1) is 0 Å². The molecule has 0 atom stereocenters. The number of rotatable bonds is 3. The molecule has 16 heavy (non-hydrogen) atoms. The third-order valence-electron chi connectivity index (χ3n) is 2.02. The standard InChI is InChI=1S/C9H9FN2O4/c1-16-8(13)4-5-7(12(14)15)3-2-6(10)9(5)11/h2-3H,4,11H2,1H3. The number of hydrogen-bond donors (Lipinski definition) is 1. The third-order valence-corrected chi connectivity index (χ3v) is 2.02. The molecule has 7 heteroatoms. The number of ether oxygens (including phenoxy) is 1. The molecule has 0 aliphatic rings. The van der Waals surface area contributed by atoms with Gasteiger partial charge >= 0.3 is 5.97 Å². The Bertz CT molecular complexity index is 447. The number of nitro benzene ring substituents is 1. The van der Waals surface area contributed by atoms with Gasteiger partial charge in [-0.2, -0.15) is 0 Å². The first-order valence-electron chi connectivity index (χ1n) is 4.25. The average Bonchev–Trinajstić information content (AvgIpc) is 2.24. The normalized spacial score (nSPS) is 9.88. The van der Waals surface area contributed by atoms with Crippen LogP contribution < -0.4 is 5.73 Å². The Morgan fingerprint density at radius 3 is 2.75 bits per heavy atom. The lowest BCUT2D eigenvalue weighted by molar-refractivity contribution is -0.385. The van der Waals surface area contributed by atoms with E-state index in [-0.39, 0.29) is 5.56 Å². The molecule has 1 rings (SSSR count). The van der Waals surface area contributed by atoms with Gasteiger partial charge in [0.05, 0.1) is 29.7 Å². The number of esters is 1. The smallest absolute Gasteiger partial charge is 0.310 e. The van der Waals surface area contributed by atoms with Crippen LogP contribution in [0.2, 0.25) is 0 Å². The molecular formula is C9H9FN2O4. The van der Waals surface area contributed by atoms with Gasteiger partial charge in [0, 0.05) is 6.07 Å². The molecule has 0 spiro atoms. The van der Waals surface area contributed by atoms with Crippen LogP contribution in [-0.2, 0) is 16.0 Å². The molecule has 0 aliphatic carbocycles. The van der Waals surface area contributed by atoms with Gasteiger partial charge in [0.1, 0.15) is 5.82 Å². The van der Waals surface area contributed by atoms with Crippen molar-refractivity contribution in [3.63, 3.8) is 0 Å². The zero-order valence-corrected chi connectivity index (χ0v) is 8.40. The number of nitrogen functional groups attached to an aromatic ring is 1. The summed E-state index contributed by atoms with van der Waals surface area (Å²) in [6.45, 7) is 0. The first-order chi connectivity index (χ1) is 7.47. The van der Waals surface area contributed by atoms with E-state index in [4.69, 9.17) is 5.73 Å². The number of anilines is 1. The van der Waals surface area contributed by atoms with Crippen LogP contribution in [0.4, 0.5) is 15.8 Å². The number of halogens is 1. The van der Waals surface area contributed by atoms with Crippen molar-refractivity contribution in [1.82, 2.24) is 0 Å². The monoisotopic (exact) mass is 228 g/mol. The van der Waals surface area contributed by atoms with E-state index in [1.54, 1.807) is 0 Å². The minimum absolute atomic E-state index is 0.170. The van der Waals surface area contributed by atoms with Crippen LogP contribution in [0.25, 0.3) is 0 Å². The average molecular weight is 228 g/mol. The van der Waals surface area contributed by atoms with E-state index in [1.807, 2.05) is 0 Å². The minimum Gasteiger partial charge on any atom is -0.469 e. The largest absolute Gasteiger partial charge is 0.469 e. The zero-order valence-electron chi connectivity index (χ0n) is 8.40. The van der Waals surface area contributed by atoms with Gasteiger partial charge < -0.3 is 10.5 Å². The summed E-state index contributed by atoms with van der Waals surface area (Å²) in [5, 5.41) is 10.6. The first-order valence-corrected chi connectivity index (χ1v) is 4.25. The Morgan fingerprint density at radius 2 is 2.25 bits per heavy atom. The number of nitro groups is 1. The summed E-state index contributed by atoms with van der Waals surface area (Å²) in [6, 6.07) is 1.85. The van der Waals surface area contributed by atoms with Crippen LogP contribution in [0, 0.1) is 15.9 Å². The SMILES string of the molecule is COC(=O)Cc1c([N+](=O)[O-])ccc(F)c1N. The summed E-state index contributed by atoms with van der Waals surface area (Å²) in [4.78, 5) is 20.9. The molecule has 0 bridgehead atoms. The van der Waals surface area contributed by atoms with Gasteiger partial charge in [-0.25, -0.2) is 4.39 Å². The van der Waals surface area contributed by atoms with Crippen molar-refractivity contribution in [1.29, 1.82) is 0 Å². The Morgan fingerprint density at radius 1 is 1.62 bits per heavy atom. The van der Waals surface area contributed by atoms with Crippen LogP contribution in [0.5, 0.6) is 0 Å². The summed E-state index contributed by atoms with van der Waals surface area (Å²) >= 11 is 0. The summed E-state index contributed by atoms with van der Waals surface area (Å²) in [5.74, 6) is -1.52. The number of carbonyl (C=O) groups excluding carboxylic acids is 1. The molecule has 0 amide bonds. The van der Waals surface area contributed by atoms with E-state index in [2.05, 4.69) is 4.74 Å². The van der Waals surface area contributed by atoms with Crippen molar-refractivity contribution in [2.75, 3.05) is 12.8 Å². The van der Waals surface area contributed by atoms with E-state index < -0.39 is 34.5 Å². The van der Waals surface area contributed by atoms with Gasteiger partial charge in [0.15, 0.2) is 0 Å². The maximum atomic E-state index is 13.1. The molecule has 0 heterocycles. The highest BCUT2D eigenvalue weighted by Gasteiger charge is 2.21. The molecule has 0 fully saturated rings. The van der Waals surface area contributed by atoms with Crippen LogP contribution in [0.3, 0.4) is 0 Å². The lowest BCUT2D eigenvalue weighted by atomic mass is 10.1. The highest BCUT2D eigenvalue weighted by Crippen LogP contribution is 2.27. The number of nitrogens with zero attached hydrogens (tertiary/aromatic N) is 1. The molecule has 1 aromatic carbocycles. The van der Waals surface area contributed by atoms with Gasteiger partial charge in [-0.1, -0.05) is 0 Å². The number of nitrogens with two attached hydrogens (primary N) is 1. The van der Waals surface area contributed by atoms with Gasteiger partial charge in [-0.3, -0.25) is 14.9 Å².